The second-order valence-corrected chi connectivity index (χ2v) is 11.7. The van der Waals surface area contributed by atoms with Gasteiger partial charge in [0.1, 0.15) is 24.7 Å². The molecule has 0 atom stereocenters. The van der Waals surface area contributed by atoms with Crippen molar-refractivity contribution in [1.29, 1.82) is 0 Å². The highest BCUT2D eigenvalue weighted by Gasteiger charge is 2.20. The molecule has 42 heavy (non-hydrogen) atoms. The third-order valence-electron chi connectivity index (χ3n) is 7.00. The number of carbonyl (C=O) groups excluding carboxylic acids is 2. The first kappa shape index (κ1) is 35.1. The molecule has 234 valence electrons. The molecule has 0 aliphatic rings. The maximum atomic E-state index is 12.1. The van der Waals surface area contributed by atoms with Gasteiger partial charge in [0, 0.05) is 12.8 Å². The number of phenols is 2. The van der Waals surface area contributed by atoms with Gasteiger partial charge in [-0.1, -0.05) is 58.4 Å². The van der Waals surface area contributed by atoms with Gasteiger partial charge in [-0.3, -0.25) is 9.59 Å². The van der Waals surface area contributed by atoms with Crippen molar-refractivity contribution in [3.05, 3.63) is 57.6 Å². The summed E-state index contributed by atoms with van der Waals surface area (Å²) >= 11 is 0. The van der Waals surface area contributed by atoms with Crippen LogP contribution in [0, 0.1) is 13.8 Å². The Morgan fingerprint density at radius 1 is 0.690 bits per heavy atom. The highest BCUT2D eigenvalue weighted by Crippen LogP contribution is 2.34. The van der Waals surface area contributed by atoms with E-state index in [0.29, 0.717) is 37.6 Å². The van der Waals surface area contributed by atoms with Gasteiger partial charge >= 0.3 is 11.9 Å². The fourth-order valence-corrected chi connectivity index (χ4v) is 4.59. The van der Waals surface area contributed by atoms with Crippen LogP contribution < -0.4 is 0 Å². The molecule has 2 aromatic carbocycles. The Balaban J connectivity index is 1.51. The summed E-state index contributed by atoms with van der Waals surface area (Å²) in [6.07, 6.45) is 4.52. The Kier molecular flexibility index (Phi) is 14.8. The summed E-state index contributed by atoms with van der Waals surface area (Å²) in [6.45, 7) is 13.6. The van der Waals surface area contributed by atoms with Gasteiger partial charge < -0.3 is 29.2 Å². The van der Waals surface area contributed by atoms with Crippen molar-refractivity contribution in [1.82, 2.24) is 0 Å². The molecular formula is C34H50O8. The average Bonchev–Trinajstić information content (AvgIpc) is 2.93. The number of aromatic hydroxyl groups is 2. The van der Waals surface area contributed by atoms with E-state index in [0.717, 1.165) is 52.6 Å². The Labute approximate surface area is 251 Å². The number of rotatable bonds is 18. The van der Waals surface area contributed by atoms with E-state index in [1.165, 1.54) is 0 Å². The van der Waals surface area contributed by atoms with Crippen LogP contribution in [0.25, 0.3) is 0 Å². The molecule has 2 aromatic rings. The van der Waals surface area contributed by atoms with Gasteiger partial charge in [-0.15, -0.1) is 0 Å². The molecule has 0 heterocycles. The molecule has 2 N–H and O–H groups in total. The lowest BCUT2D eigenvalue weighted by molar-refractivity contribution is -0.146. The molecule has 0 saturated carbocycles. The first-order valence-corrected chi connectivity index (χ1v) is 15.0. The number of aryl methyl sites for hydroxylation is 5. The average molecular weight is 587 g/mol. The lowest BCUT2D eigenvalue weighted by Crippen LogP contribution is -2.15. The largest absolute Gasteiger partial charge is 0.507 e. The topological polar surface area (TPSA) is 112 Å². The third kappa shape index (κ3) is 12.4. The van der Waals surface area contributed by atoms with Gasteiger partial charge in [0.2, 0.25) is 0 Å². The fraction of sp³-hybridized carbons (Fsp3) is 0.588. The summed E-state index contributed by atoms with van der Waals surface area (Å²) < 4.78 is 21.4. The van der Waals surface area contributed by atoms with Crippen LogP contribution in [0.2, 0.25) is 0 Å². The number of unbranched alkanes of at least 4 members (excludes halogenated alkanes) is 1. The zero-order valence-electron chi connectivity index (χ0n) is 26.3. The number of ether oxygens (including phenoxy) is 4. The van der Waals surface area contributed by atoms with Crippen LogP contribution in [0.5, 0.6) is 11.5 Å². The maximum absolute atomic E-state index is 12.1. The van der Waals surface area contributed by atoms with Gasteiger partial charge in [-0.2, -0.15) is 0 Å². The third-order valence-corrected chi connectivity index (χ3v) is 7.00. The van der Waals surface area contributed by atoms with Crippen molar-refractivity contribution in [3.8, 4) is 11.5 Å². The Bertz CT molecular complexity index is 1150. The van der Waals surface area contributed by atoms with Crippen molar-refractivity contribution in [2.75, 3.05) is 39.6 Å². The zero-order chi connectivity index (χ0) is 31.1. The standard InChI is InChI=1S/C34H50O8/c1-7-8-9-28-22-26(20-24(2)32(28)37)10-12-30(35)41-18-16-39-14-15-40-17-19-42-31(36)13-11-27-21-25(3)33(38)29(23-27)34(4,5)6/h20-23,37-38H,7-19H2,1-6H3. The first-order valence-electron chi connectivity index (χ1n) is 15.0. The van der Waals surface area contributed by atoms with Crippen LogP contribution in [0.4, 0.5) is 0 Å². The monoisotopic (exact) mass is 586 g/mol. The predicted octanol–water partition coefficient (Wildman–Crippen LogP) is 6.04. The Morgan fingerprint density at radius 2 is 1.17 bits per heavy atom. The summed E-state index contributed by atoms with van der Waals surface area (Å²) in [6, 6.07) is 7.77. The molecule has 8 heteroatoms. The van der Waals surface area contributed by atoms with E-state index < -0.39 is 0 Å². The molecule has 8 nitrogen and oxygen atoms in total. The van der Waals surface area contributed by atoms with Crippen molar-refractivity contribution in [2.45, 2.75) is 91.9 Å². The van der Waals surface area contributed by atoms with Crippen LogP contribution in [-0.2, 0) is 53.2 Å². The smallest absolute Gasteiger partial charge is 0.306 e. The van der Waals surface area contributed by atoms with Gasteiger partial charge in [-0.25, -0.2) is 0 Å². The lowest BCUT2D eigenvalue weighted by Gasteiger charge is -2.22. The Morgan fingerprint density at radius 3 is 1.67 bits per heavy atom. The zero-order valence-corrected chi connectivity index (χ0v) is 26.3. The van der Waals surface area contributed by atoms with E-state index in [4.69, 9.17) is 18.9 Å². The lowest BCUT2D eigenvalue weighted by atomic mass is 9.83. The highest BCUT2D eigenvalue weighted by atomic mass is 16.6. The van der Waals surface area contributed by atoms with E-state index in [2.05, 4.69) is 6.92 Å². The quantitative estimate of drug-likeness (QED) is 0.161. The number of hydrogen-bond acceptors (Lipinski definition) is 8. The maximum Gasteiger partial charge on any atom is 0.306 e. The van der Waals surface area contributed by atoms with Crippen LogP contribution in [-0.4, -0.2) is 61.8 Å². The molecule has 0 aromatic heterocycles. The molecule has 0 radical (unpaired) electrons. The van der Waals surface area contributed by atoms with Crippen molar-refractivity contribution in [3.63, 3.8) is 0 Å². The molecule has 0 aliphatic heterocycles. The highest BCUT2D eigenvalue weighted by molar-refractivity contribution is 5.70. The minimum Gasteiger partial charge on any atom is -0.507 e. The molecular weight excluding hydrogens is 536 g/mol. The molecule has 0 spiro atoms. The SMILES string of the molecule is CCCCc1cc(CCC(=O)OCCOCCOCCOC(=O)CCc2cc(C)c(O)c(C(C)(C)C)c2)cc(C)c1O. The molecule has 0 saturated heterocycles. The summed E-state index contributed by atoms with van der Waals surface area (Å²) in [7, 11) is 0. The van der Waals surface area contributed by atoms with Gasteiger partial charge in [-0.05, 0) is 78.3 Å². The number of phenolic OH excluding ortho intramolecular Hbond substituents is 2. The summed E-state index contributed by atoms with van der Waals surface area (Å²) in [4.78, 5) is 24.2. The van der Waals surface area contributed by atoms with Gasteiger partial charge in [0.25, 0.3) is 0 Å². The van der Waals surface area contributed by atoms with E-state index in [1.807, 2.05) is 58.9 Å². The molecule has 0 amide bonds. The van der Waals surface area contributed by atoms with Crippen LogP contribution >= 0.6 is 0 Å². The van der Waals surface area contributed by atoms with Crippen LogP contribution in [0.3, 0.4) is 0 Å². The van der Waals surface area contributed by atoms with E-state index >= 15 is 0 Å². The van der Waals surface area contributed by atoms with E-state index in [1.54, 1.807) is 0 Å². The van der Waals surface area contributed by atoms with Crippen molar-refractivity contribution in [2.24, 2.45) is 0 Å². The Hall–Kier alpha value is -3.10. The molecule has 0 fully saturated rings. The van der Waals surface area contributed by atoms with E-state index in [-0.39, 0.29) is 56.6 Å². The fourth-order valence-electron chi connectivity index (χ4n) is 4.59. The summed E-state index contributed by atoms with van der Waals surface area (Å²) in [5.74, 6) is 0.0811. The van der Waals surface area contributed by atoms with Gasteiger partial charge in [0.05, 0.1) is 26.4 Å². The molecule has 2 rings (SSSR count). The normalized spacial score (nSPS) is 11.5. The van der Waals surface area contributed by atoms with Crippen molar-refractivity contribution < 1.29 is 38.7 Å². The first-order chi connectivity index (χ1) is 19.9. The number of carbonyl (C=O) groups is 2. The van der Waals surface area contributed by atoms with Crippen LogP contribution in [0.15, 0.2) is 24.3 Å². The van der Waals surface area contributed by atoms with Gasteiger partial charge in [0.15, 0.2) is 0 Å². The molecule has 0 aliphatic carbocycles. The second kappa shape index (κ2) is 17.8. The summed E-state index contributed by atoms with van der Waals surface area (Å²) in [5.41, 5.74) is 5.27. The minimum absolute atomic E-state index is 0.166. The van der Waals surface area contributed by atoms with E-state index in [9.17, 15) is 19.8 Å². The second-order valence-electron chi connectivity index (χ2n) is 11.7. The minimum atomic E-state index is -0.294. The van der Waals surface area contributed by atoms with Crippen LogP contribution in [0.1, 0.15) is 86.8 Å². The van der Waals surface area contributed by atoms with Crippen molar-refractivity contribution >= 4 is 11.9 Å². The number of hydrogen-bond donors (Lipinski definition) is 2. The number of benzene rings is 2. The molecule has 0 bridgehead atoms. The molecule has 0 unspecified atom stereocenters. The number of esters is 2. The summed E-state index contributed by atoms with van der Waals surface area (Å²) in [5, 5.41) is 20.6. The predicted molar refractivity (Wildman–Crippen MR) is 163 cm³/mol.